The Morgan fingerprint density at radius 3 is 2.46 bits per heavy atom. The van der Waals surface area contributed by atoms with E-state index < -0.39 is 53.7 Å². The zero-order valence-electron chi connectivity index (χ0n) is 27.2. The van der Waals surface area contributed by atoms with E-state index in [0.29, 0.717) is 43.7 Å². The van der Waals surface area contributed by atoms with Crippen LogP contribution < -0.4 is 5.43 Å². The van der Waals surface area contributed by atoms with E-state index in [1.807, 2.05) is 13.0 Å². The molecule has 9 nitrogen and oxygen atoms in total. The summed E-state index contributed by atoms with van der Waals surface area (Å²) in [6.45, 7) is 3.31. The van der Waals surface area contributed by atoms with Crippen molar-refractivity contribution in [2.24, 2.45) is 22.4 Å². The molecule has 0 radical (unpaired) electrons. The Bertz CT molecular complexity index is 1600. The fourth-order valence-electron chi connectivity index (χ4n) is 9.48. The fraction of sp³-hybridized carbons (Fsp3) is 0.622. The van der Waals surface area contributed by atoms with Gasteiger partial charge < -0.3 is 29.9 Å². The number of hydrogen-bond donors (Lipinski definition) is 5. The van der Waals surface area contributed by atoms with Crippen LogP contribution in [-0.2, 0) is 9.47 Å². The normalized spacial score (nSPS) is 40.3. The van der Waals surface area contributed by atoms with Crippen molar-refractivity contribution in [1.29, 1.82) is 0 Å². The third kappa shape index (κ3) is 5.32. The highest BCUT2D eigenvalue weighted by Gasteiger charge is 2.71. The van der Waals surface area contributed by atoms with Crippen LogP contribution in [0.2, 0.25) is 0 Å². The summed E-state index contributed by atoms with van der Waals surface area (Å²) in [5.74, 6) is -1.70. The van der Waals surface area contributed by atoms with Gasteiger partial charge >= 0.3 is 12.0 Å². The molecule has 5 aliphatic carbocycles. The number of alkyl halides is 2. The summed E-state index contributed by atoms with van der Waals surface area (Å²) in [6.07, 6.45) is 5.30. The number of nitrogens with one attached hydrogen (secondary N) is 1. The standard InChI is InChI=1S/C37H44F2N2O7/c1-4-37(38,39)36(46)16-15-28-26-13-11-23-17-24(40-41-34(45)48-33-32(44)31(43)30(42)19(2)47-33)12-14-25(23)29(26)27(18-35(28,36)3)22-9-7-21(8-10-22)20-5-6-20/h1,7-10,17,19-20,26-28,30-33,42-44,46H,5-6,11-16,18H2,2-3H3,(H,41,45)/b40-24+/t19-,26-,27?,28-,30+,31+,32-,33-,35-,36-/m0/s1. The third-order valence-electron chi connectivity index (χ3n) is 12.3. The van der Waals surface area contributed by atoms with Gasteiger partial charge in [0, 0.05) is 11.3 Å². The maximum atomic E-state index is 15.4. The monoisotopic (exact) mass is 666 g/mol. The quantitative estimate of drug-likeness (QED) is 0.225. The second-order valence-corrected chi connectivity index (χ2v) is 14.9. The van der Waals surface area contributed by atoms with E-state index in [1.54, 1.807) is 5.92 Å². The number of halogens is 2. The van der Waals surface area contributed by atoms with E-state index in [1.165, 1.54) is 36.5 Å². The number of amides is 1. The molecule has 6 aliphatic rings. The van der Waals surface area contributed by atoms with Crippen molar-refractivity contribution in [1.82, 2.24) is 5.43 Å². The van der Waals surface area contributed by atoms with E-state index in [0.717, 1.165) is 17.6 Å². The van der Waals surface area contributed by atoms with Crippen LogP contribution in [0.25, 0.3) is 0 Å². The number of allylic oxidation sites excluding steroid dienone is 4. The average Bonchev–Trinajstić information content (AvgIpc) is 3.89. The summed E-state index contributed by atoms with van der Waals surface area (Å²) < 4.78 is 41.3. The molecule has 1 aromatic rings. The molecule has 258 valence electrons. The predicted octanol–water partition coefficient (Wildman–Crippen LogP) is 4.80. The average molecular weight is 667 g/mol. The highest BCUT2D eigenvalue weighted by atomic mass is 19.3. The minimum Gasteiger partial charge on any atom is -0.415 e. The summed E-state index contributed by atoms with van der Waals surface area (Å²) in [4.78, 5) is 12.5. The summed E-state index contributed by atoms with van der Waals surface area (Å²) >= 11 is 0. The molecule has 1 saturated heterocycles. The van der Waals surface area contributed by atoms with Gasteiger partial charge in [-0.3, -0.25) is 0 Å². The lowest BCUT2D eigenvalue weighted by Gasteiger charge is -2.55. The first-order valence-corrected chi connectivity index (χ1v) is 17.1. The van der Waals surface area contributed by atoms with E-state index in [4.69, 9.17) is 15.9 Å². The Morgan fingerprint density at radius 2 is 1.77 bits per heavy atom. The van der Waals surface area contributed by atoms with E-state index in [2.05, 4.69) is 34.8 Å². The molecule has 3 saturated carbocycles. The van der Waals surface area contributed by atoms with Gasteiger partial charge in [0.25, 0.3) is 0 Å². The van der Waals surface area contributed by atoms with E-state index in [9.17, 15) is 25.2 Å². The van der Waals surface area contributed by atoms with Gasteiger partial charge in [-0.15, -0.1) is 6.42 Å². The first-order valence-electron chi connectivity index (χ1n) is 17.1. The minimum atomic E-state index is -3.65. The number of terminal acetylenes is 1. The topological polar surface area (TPSA) is 141 Å². The largest absolute Gasteiger partial charge is 0.430 e. The van der Waals surface area contributed by atoms with Gasteiger partial charge in [0.2, 0.25) is 6.29 Å². The highest BCUT2D eigenvalue weighted by molar-refractivity contribution is 5.98. The van der Waals surface area contributed by atoms with Crippen molar-refractivity contribution in [3.8, 4) is 12.3 Å². The third-order valence-corrected chi connectivity index (χ3v) is 12.3. The van der Waals surface area contributed by atoms with Crippen molar-refractivity contribution >= 4 is 11.8 Å². The molecule has 1 aromatic carbocycles. The number of fused-ring (bicyclic) bond motifs is 4. The molecule has 1 heterocycles. The maximum absolute atomic E-state index is 15.4. The van der Waals surface area contributed by atoms with Gasteiger partial charge in [0.15, 0.2) is 0 Å². The molecular formula is C37H44F2N2O7. The molecule has 1 aliphatic heterocycles. The van der Waals surface area contributed by atoms with Crippen molar-refractivity contribution in [2.75, 3.05) is 0 Å². The van der Waals surface area contributed by atoms with Crippen LogP contribution in [0, 0.1) is 29.6 Å². The van der Waals surface area contributed by atoms with Gasteiger partial charge in [-0.05, 0) is 117 Å². The number of hydrazone groups is 1. The zero-order chi connectivity index (χ0) is 34.2. The van der Waals surface area contributed by atoms with Gasteiger partial charge in [-0.2, -0.15) is 13.9 Å². The number of carbonyl (C=O) groups excluding carboxylic acids is 1. The van der Waals surface area contributed by atoms with Crippen LogP contribution >= 0.6 is 0 Å². The molecule has 0 spiro atoms. The summed E-state index contributed by atoms with van der Waals surface area (Å²) in [7, 11) is 0. The van der Waals surface area contributed by atoms with Gasteiger partial charge in [-0.1, -0.05) is 36.8 Å². The van der Waals surface area contributed by atoms with Crippen molar-refractivity contribution < 1.29 is 43.5 Å². The molecule has 0 aromatic heterocycles. The molecule has 48 heavy (non-hydrogen) atoms. The lowest BCUT2D eigenvalue weighted by atomic mass is 9.50. The molecule has 1 amide bonds. The minimum absolute atomic E-state index is 0.0244. The molecule has 1 unspecified atom stereocenters. The summed E-state index contributed by atoms with van der Waals surface area (Å²) in [5, 5.41) is 46.1. The Morgan fingerprint density at radius 1 is 1.06 bits per heavy atom. The molecule has 0 bridgehead atoms. The van der Waals surface area contributed by atoms with Crippen LogP contribution in [0.3, 0.4) is 0 Å². The first kappa shape index (κ1) is 33.4. The summed E-state index contributed by atoms with van der Waals surface area (Å²) in [6, 6.07) is 8.60. The lowest BCUT2D eigenvalue weighted by Crippen LogP contribution is -2.60. The Labute approximate surface area is 279 Å². The van der Waals surface area contributed by atoms with Crippen LogP contribution in [0.15, 0.2) is 52.2 Å². The second kappa shape index (κ2) is 12.0. The first-order chi connectivity index (χ1) is 22.8. The molecule has 5 N–H and O–H groups in total. The molecule has 10 atom stereocenters. The predicted molar refractivity (Wildman–Crippen MR) is 172 cm³/mol. The Kier molecular flexibility index (Phi) is 8.36. The number of rotatable bonds is 5. The van der Waals surface area contributed by atoms with Crippen LogP contribution in [0.1, 0.15) is 94.6 Å². The van der Waals surface area contributed by atoms with Gasteiger partial charge in [0.05, 0.1) is 11.8 Å². The van der Waals surface area contributed by atoms with Crippen LogP contribution in [0.5, 0.6) is 0 Å². The number of nitrogens with zero attached hydrogens (tertiary/aromatic N) is 1. The molecule has 11 heteroatoms. The van der Waals surface area contributed by atoms with Gasteiger partial charge in [0.1, 0.15) is 23.9 Å². The van der Waals surface area contributed by atoms with E-state index >= 15 is 8.78 Å². The highest BCUT2D eigenvalue weighted by Crippen LogP contribution is 2.69. The van der Waals surface area contributed by atoms with Crippen molar-refractivity contribution in [3.63, 3.8) is 0 Å². The summed E-state index contributed by atoms with van der Waals surface area (Å²) in [5.41, 5.74) is 5.56. The maximum Gasteiger partial charge on any atom is 0.430 e. The van der Waals surface area contributed by atoms with Crippen molar-refractivity contribution in [2.45, 2.75) is 126 Å². The SMILES string of the molecule is C#CC(F)(F)[C@]1(O)CC[C@H]2[C@@H]3CCC4=C/C(=N/NC(=O)O[C@@H]5O[C@@H](C)[C@@H](O)[C@@H](O)[C@@H]5O)CCC4=C3C(c3ccc(C4CC4)cc3)C[C@@]21C. The number of aliphatic hydroxyl groups excluding tert-OH is 3. The van der Waals surface area contributed by atoms with Crippen molar-refractivity contribution in [3.05, 3.63) is 58.2 Å². The molecule has 4 fully saturated rings. The number of carbonyl (C=O) groups is 1. The molecular weight excluding hydrogens is 622 g/mol. The van der Waals surface area contributed by atoms with E-state index in [-0.39, 0.29) is 24.2 Å². The Balaban J connectivity index is 1.17. The number of aliphatic hydroxyl groups is 4. The smallest absolute Gasteiger partial charge is 0.415 e. The number of benzene rings is 1. The van der Waals surface area contributed by atoms with Gasteiger partial charge in [-0.25, -0.2) is 10.2 Å². The van der Waals surface area contributed by atoms with Crippen LogP contribution in [0.4, 0.5) is 13.6 Å². The number of hydrogen-bond acceptors (Lipinski definition) is 8. The Hall–Kier alpha value is -3.14. The number of ether oxygens (including phenoxy) is 2. The van der Waals surface area contributed by atoms with Crippen LogP contribution in [-0.4, -0.2) is 74.5 Å². The lowest BCUT2D eigenvalue weighted by molar-refractivity contribution is -0.275. The zero-order valence-corrected chi connectivity index (χ0v) is 27.2. The fourth-order valence-corrected chi connectivity index (χ4v) is 9.48. The second-order valence-electron chi connectivity index (χ2n) is 14.9. The molecule has 7 rings (SSSR count).